The summed E-state index contributed by atoms with van der Waals surface area (Å²) in [5, 5.41) is 9.42. The molecular formula is C48H29IN2O2. The van der Waals surface area contributed by atoms with E-state index in [-0.39, 0.29) is 20.7 Å². The van der Waals surface area contributed by atoms with E-state index in [0.717, 1.165) is 71.7 Å². The van der Waals surface area contributed by atoms with E-state index in [0.29, 0.717) is 0 Å². The molecule has 0 aliphatic carbocycles. The topological polar surface area (TPSA) is 36.1 Å². The Morgan fingerprint density at radius 1 is 0.528 bits per heavy atom. The highest BCUT2D eigenvalue weighted by atomic mass is 127. The van der Waals surface area contributed by atoms with Crippen molar-refractivity contribution in [2.45, 2.75) is 6.92 Å². The summed E-state index contributed by atoms with van der Waals surface area (Å²) in [6.45, 7) is 2.16. The Kier molecular flexibility index (Phi) is 6.06. The highest BCUT2D eigenvalue weighted by Crippen LogP contribution is 2.45. The summed E-state index contributed by atoms with van der Waals surface area (Å²) in [6.07, 6.45) is 4.57. The maximum Gasteiger partial charge on any atom is 0.143 e. The van der Waals surface area contributed by atoms with Gasteiger partial charge in [-0.2, -0.15) is 0 Å². The minimum atomic E-state index is -0.0382. The predicted molar refractivity (Wildman–Crippen MR) is 232 cm³/mol. The Bertz CT molecular complexity index is 3470. The Balaban J connectivity index is 1.17. The van der Waals surface area contributed by atoms with Gasteiger partial charge in [-0.1, -0.05) is 99.6 Å². The Hall–Kier alpha value is -6.18. The minimum absolute atomic E-state index is 0.0382. The van der Waals surface area contributed by atoms with Crippen LogP contribution in [0.2, 0.25) is 0 Å². The molecule has 0 N–H and O–H groups in total. The summed E-state index contributed by atoms with van der Waals surface area (Å²) in [7, 11) is 0. The molecule has 250 valence electrons. The van der Waals surface area contributed by atoms with Crippen LogP contribution >= 0.6 is 20.7 Å². The van der Waals surface area contributed by atoms with Crippen LogP contribution in [0.3, 0.4) is 0 Å². The fourth-order valence-electron chi connectivity index (χ4n) is 8.80. The van der Waals surface area contributed by atoms with E-state index in [1.54, 1.807) is 0 Å². The maximum atomic E-state index is 6.91. The number of hydrogen-bond acceptors (Lipinski definition) is 2. The van der Waals surface area contributed by atoms with E-state index in [9.17, 15) is 0 Å². The molecule has 0 amide bonds. The van der Waals surface area contributed by atoms with Gasteiger partial charge in [0, 0.05) is 49.3 Å². The summed E-state index contributed by atoms with van der Waals surface area (Å²) in [5.74, 6) is 0. The minimum Gasteiger partial charge on any atom is -0.456 e. The maximum absolute atomic E-state index is 6.91. The van der Waals surface area contributed by atoms with E-state index < -0.39 is 0 Å². The summed E-state index contributed by atoms with van der Waals surface area (Å²) in [6, 6.07) is 48.1. The van der Waals surface area contributed by atoms with Gasteiger partial charge in [-0.15, -0.1) is 0 Å². The van der Waals surface area contributed by atoms with Gasteiger partial charge in [0.1, 0.15) is 22.3 Å². The molecule has 0 unspecified atom stereocenters. The molecule has 0 saturated heterocycles. The summed E-state index contributed by atoms with van der Waals surface area (Å²) in [4.78, 5) is 0. The number of aromatic nitrogens is 2. The van der Waals surface area contributed by atoms with Crippen molar-refractivity contribution in [2.75, 3.05) is 0 Å². The normalized spacial score (nSPS) is 13.5. The largest absolute Gasteiger partial charge is 0.456 e. The molecule has 0 fully saturated rings. The average Bonchev–Trinajstić information content (AvgIpc) is 3.95. The third-order valence-corrected chi connectivity index (χ3v) is 12.6. The molecule has 12 rings (SSSR count). The number of para-hydroxylation sites is 3. The van der Waals surface area contributed by atoms with Gasteiger partial charge in [0.2, 0.25) is 0 Å². The lowest BCUT2D eigenvalue weighted by atomic mass is 10.00. The van der Waals surface area contributed by atoms with Gasteiger partial charge in [-0.3, -0.25) is 0 Å². The Morgan fingerprint density at radius 2 is 1.25 bits per heavy atom. The van der Waals surface area contributed by atoms with Crippen molar-refractivity contribution in [2.24, 2.45) is 0 Å². The van der Waals surface area contributed by atoms with Gasteiger partial charge in [0.05, 0.1) is 32.8 Å². The van der Waals surface area contributed by atoms with Crippen LogP contribution < -0.4 is 0 Å². The molecule has 0 radical (unpaired) electrons. The molecule has 5 heteroatoms. The van der Waals surface area contributed by atoms with Crippen molar-refractivity contribution in [3.8, 4) is 16.8 Å². The quantitative estimate of drug-likeness (QED) is 0.167. The smallest absolute Gasteiger partial charge is 0.143 e. The van der Waals surface area contributed by atoms with E-state index in [1.165, 1.54) is 43.8 Å². The zero-order valence-corrected chi connectivity index (χ0v) is 30.8. The Labute approximate surface area is 313 Å². The fraction of sp³-hybridized carbons (Fsp3) is 0.0208. The number of furan rings is 2. The summed E-state index contributed by atoms with van der Waals surface area (Å²) in [5.41, 5.74) is 14.0. The summed E-state index contributed by atoms with van der Waals surface area (Å²) < 4.78 is 22.8. The summed E-state index contributed by atoms with van der Waals surface area (Å²) >= 11 is -0.0382. The second-order valence-electron chi connectivity index (χ2n) is 13.9. The highest BCUT2D eigenvalue weighted by Gasteiger charge is 2.23. The van der Waals surface area contributed by atoms with Crippen molar-refractivity contribution >= 4 is 118 Å². The molecule has 0 saturated carbocycles. The van der Waals surface area contributed by atoms with Crippen LogP contribution in [0.5, 0.6) is 0 Å². The second-order valence-corrected chi connectivity index (χ2v) is 16.1. The lowest BCUT2D eigenvalue weighted by molar-refractivity contribution is 0.669. The molecular weight excluding hydrogens is 763 g/mol. The molecule has 0 bridgehead atoms. The first-order chi connectivity index (χ1) is 26.2. The van der Waals surface area contributed by atoms with E-state index >= 15 is 0 Å². The lowest BCUT2D eigenvalue weighted by Gasteiger charge is -2.11. The molecule has 5 heterocycles. The molecule has 1 aliphatic rings. The van der Waals surface area contributed by atoms with E-state index in [2.05, 4.69) is 164 Å². The van der Waals surface area contributed by atoms with Gasteiger partial charge < -0.3 is 18.0 Å². The molecule has 53 heavy (non-hydrogen) atoms. The number of aryl methyl sites for hydroxylation is 1. The molecule has 4 aromatic heterocycles. The third kappa shape index (κ3) is 4.08. The molecule has 11 aromatic rings. The predicted octanol–water partition coefficient (Wildman–Crippen LogP) is 13.8. The molecule has 1 aliphatic heterocycles. The number of allylic oxidation sites excluding steroid dienone is 3. The van der Waals surface area contributed by atoms with E-state index in [1.807, 2.05) is 6.07 Å². The fourth-order valence-corrected chi connectivity index (χ4v) is 10.2. The van der Waals surface area contributed by atoms with Crippen LogP contribution in [0.4, 0.5) is 0 Å². The number of benzene rings is 7. The molecule has 0 spiro atoms. The van der Waals surface area contributed by atoms with Crippen molar-refractivity contribution in [1.82, 2.24) is 9.13 Å². The average molecular weight is 793 g/mol. The van der Waals surface area contributed by atoms with Crippen LogP contribution in [-0.4, -0.2) is 13.1 Å². The third-order valence-electron chi connectivity index (χ3n) is 11.0. The Morgan fingerprint density at radius 3 is 2.09 bits per heavy atom. The van der Waals surface area contributed by atoms with Gasteiger partial charge in [0.25, 0.3) is 0 Å². The monoisotopic (exact) mass is 792 g/mol. The van der Waals surface area contributed by atoms with Gasteiger partial charge in [-0.25, -0.2) is 0 Å². The molecule has 7 aromatic carbocycles. The van der Waals surface area contributed by atoms with Crippen LogP contribution in [0, 0.1) is 6.92 Å². The van der Waals surface area contributed by atoms with Gasteiger partial charge in [0.15, 0.2) is 0 Å². The van der Waals surface area contributed by atoms with Crippen LogP contribution in [0.15, 0.2) is 159 Å². The zero-order chi connectivity index (χ0) is 34.8. The first-order valence-electron chi connectivity index (χ1n) is 17.9. The first-order valence-corrected chi connectivity index (χ1v) is 20.4. The number of fused-ring (bicyclic) bond motifs is 14. The number of hydrogen-bond donors (Lipinski definition) is 0. The van der Waals surface area contributed by atoms with Crippen LogP contribution in [-0.2, 0) is 0 Å². The molecule has 4 nitrogen and oxygen atoms in total. The van der Waals surface area contributed by atoms with Crippen molar-refractivity contribution in [3.05, 3.63) is 155 Å². The lowest BCUT2D eigenvalue weighted by Crippen LogP contribution is -1.96. The van der Waals surface area contributed by atoms with Crippen molar-refractivity contribution < 1.29 is 8.83 Å². The van der Waals surface area contributed by atoms with Crippen LogP contribution in [0.25, 0.3) is 110 Å². The highest BCUT2D eigenvalue weighted by molar-refractivity contribution is 14.2. The van der Waals surface area contributed by atoms with Gasteiger partial charge in [-0.05, 0) is 92.9 Å². The second kappa shape index (κ2) is 10.9. The SMILES string of the molecule is Cc1cccc(-n2c3cc(-c4cccc5c4oc4ccc6c7ccccc7n(C7=CC=IC=C7)c6c45)ccc3c3ccc4oc5ccccc5c4c32)c1. The number of nitrogens with zero attached hydrogens (tertiary/aromatic N) is 2. The van der Waals surface area contributed by atoms with Crippen LogP contribution in [0.1, 0.15) is 5.56 Å². The number of halogens is 1. The van der Waals surface area contributed by atoms with Gasteiger partial charge >= 0.3 is 0 Å². The zero-order valence-electron chi connectivity index (χ0n) is 28.6. The van der Waals surface area contributed by atoms with E-state index in [4.69, 9.17) is 8.83 Å². The first kappa shape index (κ1) is 29.4. The van der Waals surface area contributed by atoms with Crippen molar-refractivity contribution in [3.63, 3.8) is 0 Å². The standard InChI is InChI=1S/C48H29IN2O2/c1-28-8-6-9-31(26-28)51-40-27-29(16-17-34(40)36-18-20-42-44(46(36)51)37-11-3-5-15-41(37)52-42)32-12-7-13-38-45-43(53-48(32)38)21-19-35-33-10-2-4-14-39(33)50(47(35)45)30-22-24-49-25-23-30/h2-27H,1H3. The molecule has 0 atom stereocenters. The van der Waals surface area contributed by atoms with Crippen molar-refractivity contribution in [1.29, 1.82) is 0 Å². The number of rotatable bonds is 3.